The number of aromatic nitrogens is 3. The van der Waals surface area contributed by atoms with Crippen LogP contribution in [-0.2, 0) is 13.2 Å². The first-order valence-corrected chi connectivity index (χ1v) is 8.81. The minimum absolute atomic E-state index is 0.171. The molecule has 14 heteroatoms. The summed E-state index contributed by atoms with van der Waals surface area (Å²) in [6, 6.07) is 4.54. The molecule has 3 rings (SSSR count). The van der Waals surface area contributed by atoms with Gasteiger partial charge in [-0.2, -0.15) is 18.3 Å². The van der Waals surface area contributed by atoms with Crippen LogP contribution in [0.25, 0.3) is 0 Å². The van der Waals surface area contributed by atoms with Crippen molar-refractivity contribution in [1.82, 2.24) is 14.8 Å². The molecule has 2 heterocycles. The van der Waals surface area contributed by atoms with Crippen molar-refractivity contribution in [1.29, 1.82) is 0 Å². The number of carbonyl (C=O) groups is 1. The van der Waals surface area contributed by atoms with Gasteiger partial charge in [0.2, 0.25) is 5.88 Å². The largest absolute Gasteiger partial charge is 0.573 e. The van der Waals surface area contributed by atoms with Crippen LogP contribution in [-0.4, -0.2) is 27.0 Å². The molecule has 2 aromatic heterocycles. The molecule has 3 aromatic rings. The predicted molar refractivity (Wildman–Crippen MR) is 98.6 cm³/mol. The van der Waals surface area contributed by atoms with Crippen LogP contribution in [0.5, 0.6) is 17.4 Å². The van der Waals surface area contributed by atoms with Gasteiger partial charge in [-0.25, -0.2) is 4.98 Å². The normalized spacial score (nSPS) is 11.9. The van der Waals surface area contributed by atoms with Gasteiger partial charge in [-0.3, -0.25) is 9.48 Å². The second-order valence-corrected chi connectivity index (χ2v) is 6.52. The highest BCUT2D eigenvalue weighted by atomic mass is 35.5. The molecule has 1 aromatic carbocycles. The van der Waals surface area contributed by atoms with Crippen molar-refractivity contribution < 1.29 is 40.6 Å². The number of hydrogen-bond acceptors (Lipinski definition) is 5. The van der Waals surface area contributed by atoms with Crippen LogP contribution >= 0.6 is 11.6 Å². The molecule has 0 radical (unpaired) electrons. The molecular weight excluding hydrogens is 470 g/mol. The zero-order chi connectivity index (χ0) is 23.7. The van der Waals surface area contributed by atoms with Crippen molar-refractivity contribution in [2.45, 2.75) is 12.5 Å². The maximum absolute atomic E-state index is 13.1. The lowest BCUT2D eigenvalue weighted by Gasteiger charge is -2.15. The Kier molecular flexibility index (Phi) is 6.21. The maximum atomic E-state index is 13.1. The number of nitrogens with one attached hydrogen (secondary N) is 1. The Hall–Kier alpha value is -3.48. The number of benzene rings is 1. The van der Waals surface area contributed by atoms with Crippen molar-refractivity contribution in [3.8, 4) is 17.4 Å². The van der Waals surface area contributed by atoms with Gasteiger partial charge in [-0.1, -0.05) is 11.6 Å². The fourth-order valence-electron chi connectivity index (χ4n) is 2.40. The lowest BCUT2D eigenvalue weighted by Crippen LogP contribution is -2.18. The number of rotatable bonds is 5. The summed E-state index contributed by atoms with van der Waals surface area (Å²) in [5.41, 5.74) is -1.83. The summed E-state index contributed by atoms with van der Waals surface area (Å²) in [6.07, 6.45) is -7.98. The molecule has 0 aliphatic carbocycles. The van der Waals surface area contributed by atoms with E-state index in [0.717, 1.165) is 18.2 Å². The third kappa shape index (κ3) is 5.60. The van der Waals surface area contributed by atoms with Gasteiger partial charge in [0.25, 0.3) is 5.91 Å². The summed E-state index contributed by atoms with van der Waals surface area (Å²) in [5, 5.41) is 5.81. The Morgan fingerprint density at radius 2 is 1.84 bits per heavy atom. The number of alkyl halides is 6. The topological polar surface area (TPSA) is 78.3 Å². The van der Waals surface area contributed by atoms with Crippen molar-refractivity contribution in [3.63, 3.8) is 0 Å². The minimum atomic E-state index is -4.96. The average Bonchev–Trinajstić information content (AvgIpc) is 3.06. The Bertz CT molecular complexity index is 1150. The number of anilines is 1. The summed E-state index contributed by atoms with van der Waals surface area (Å²) < 4.78 is 86.7. The van der Waals surface area contributed by atoms with Gasteiger partial charge in [-0.05, 0) is 18.2 Å². The molecule has 7 nitrogen and oxygen atoms in total. The van der Waals surface area contributed by atoms with Crippen LogP contribution in [0.4, 0.5) is 32.2 Å². The molecule has 32 heavy (non-hydrogen) atoms. The Labute approximate surface area is 180 Å². The van der Waals surface area contributed by atoms with Gasteiger partial charge in [-0.15, -0.1) is 13.2 Å². The van der Waals surface area contributed by atoms with E-state index in [4.69, 9.17) is 16.3 Å². The number of nitrogens with zero attached hydrogens (tertiary/aromatic N) is 3. The van der Waals surface area contributed by atoms with Crippen LogP contribution in [0.3, 0.4) is 0 Å². The van der Waals surface area contributed by atoms with Crippen molar-refractivity contribution in [3.05, 3.63) is 58.9 Å². The quantitative estimate of drug-likeness (QED) is 0.493. The van der Waals surface area contributed by atoms with E-state index in [1.807, 2.05) is 0 Å². The lowest BCUT2D eigenvalue weighted by molar-refractivity contribution is -0.274. The number of amides is 1. The third-order valence-electron chi connectivity index (χ3n) is 3.83. The van der Waals surface area contributed by atoms with Gasteiger partial charge >= 0.3 is 12.5 Å². The highest BCUT2D eigenvalue weighted by Crippen LogP contribution is 2.37. The van der Waals surface area contributed by atoms with E-state index >= 15 is 0 Å². The molecule has 0 bridgehead atoms. The maximum Gasteiger partial charge on any atom is 0.573 e. The number of aryl methyl sites for hydroxylation is 1. The van der Waals surface area contributed by atoms with E-state index in [0.29, 0.717) is 12.3 Å². The summed E-state index contributed by atoms with van der Waals surface area (Å²) >= 11 is 5.89. The number of ether oxygens (including phenoxy) is 2. The summed E-state index contributed by atoms with van der Waals surface area (Å²) in [4.78, 5) is 16.2. The summed E-state index contributed by atoms with van der Waals surface area (Å²) in [7, 11) is 1.49. The highest BCUT2D eigenvalue weighted by molar-refractivity contribution is 6.32. The van der Waals surface area contributed by atoms with Crippen LogP contribution < -0.4 is 14.8 Å². The predicted octanol–water partition coefficient (Wildman–Crippen LogP) is 5.43. The number of pyridine rings is 1. The van der Waals surface area contributed by atoms with Crippen LogP contribution in [0, 0.1) is 0 Å². The average molecular weight is 481 g/mol. The van der Waals surface area contributed by atoms with Crippen molar-refractivity contribution in [2.24, 2.45) is 7.05 Å². The standard InChI is InChI=1S/C18H11ClF6N4O3/c1-29-14(4-5-27-29)28-15(30)11-6-9(17(20,21)22)8-26-16(11)31-13-3-2-10(7-12(13)19)32-18(23,24)25/h2-8H,1H3,(H,28,30). The van der Waals surface area contributed by atoms with Crippen LogP contribution in [0.15, 0.2) is 42.7 Å². The SMILES string of the molecule is Cn1nccc1NC(=O)c1cc(C(F)(F)F)cnc1Oc1ccc(OC(F)(F)F)cc1Cl. The summed E-state index contributed by atoms with van der Waals surface area (Å²) in [6.45, 7) is 0. The highest BCUT2D eigenvalue weighted by Gasteiger charge is 2.34. The van der Waals surface area contributed by atoms with Crippen LogP contribution in [0.1, 0.15) is 15.9 Å². The molecular formula is C18H11ClF6N4O3. The fraction of sp³-hybridized carbons (Fsp3) is 0.167. The molecule has 0 aliphatic heterocycles. The van der Waals surface area contributed by atoms with Crippen LogP contribution in [0.2, 0.25) is 5.02 Å². The second-order valence-electron chi connectivity index (χ2n) is 6.11. The second kappa shape index (κ2) is 8.57. The lowest BCUT2D eigenvalue weighted by atomic mass is 10.1. The van der Waals surface area contributed by atoms with Gasteiger partial charge in [0.1, 0.15) is 22.9 Å². The zero-order valence-corrected chi connectivity index (χ0v) is 16.5. The van der Waals surface area contributed by atoms with E-state index in [2.05, 4.69) is 20.1 Å². The van der Waals surface area contributed by atoms with Gasteiger partial charge < -0.3 is 14.8 Å². The number of hydrogen-bond donors (Lipinski definition) is 1. The molecule has 1 amide bonds. The van der Waals surface area contributed by atoms with E-state index in [1.54, 1.807) is 0 Å². The molecule has 0 atom stereocenters. The summed E-state index contributed by atoms with van der Waals surface area (Å²) in [5.74, 6) is -2.32. The Morgan fingerprint density at radius 1 is 1.12 bits per heavy atom. The number of carbonyl (C=O) groups excluding carboxylic acids is 1. The van der Waals surface area contributed by atoms with E-state index in [1.165, 1.54) is 24.0 Å². The molecule has 0 saturated heterocycles. The minimum Gasteiger partial charge on any atom is -0.437 e. The first-order chi connectivity index (χ1) is 14.8. The van der Waals surface area contributed by atoms with Gasteiger partial charge in [0.15, 0.2) is 0 Å². The zero-order valence-electron chi connectivity index (χ0n) is 15.8. The molecule has 0 spiro atoms. The van der Waals surface area contributed by atoms with Gasteiger partial charge in [0.05, 0.1) is 16.8 Å². The van der Waals surface area contributed by atoms with E-state index in [9.17, 15) is 31.1 Å². The third-order valence-corrected chi connectivity index (χ3v) is 4.12. The molecule has 0 fully saturated rings. The monoisotopic (exact) mass is 480 g/mol. The molecule has 0 unspecified atom stereocenters. The molecule has 170 valence electrons. The van der Waals surface area contributed by atoms with Crippen molar-refractivity contribution in [2.75, 3.05) is 5.32 Å². The van der Waals surface area contributed by atoms with E-state index in [-0.39, 0.29) is 16.6 Å². The smallest absolute Gasteiger partial charge is 0.437 e. The molecule has 0 aliphatic rings. The Balaban J connectivity index is 1.95. The first-order valence-electron chi connectivity index (χ1n) is 8.43. The number of halogens is 7. The van der Waals surface area contributed by atoms with Crippen molar-refractivity contribution >= 4 is 23.3 Å². The first kappa shape index (κ1) is 23.2. The van der Waals surface area contributed by atoms with E-state index < -0.39 is 41.2 Å². The Morgan fingerprint density at radius 3 is 2.41 bits per heavy atom. The molecule has 0 saturated carbocycles. The van der Waals surface area contributed by atoms with Gasteiger partial charge in [0, 0.05) is 25.4 Å². The fourth-order valence-corrected chi connectivity index (χ4v) is 2.61. The molecule has 1 N–H and O–H groups in total.